The number of anilines is 1. The summed E-state index contributed by atoms with van der Waals surface area (Å²) in [7, 11) is 1.68. The van der Waals surface area contributed by atoms with Crippen molar-refractivity contribution < 1.29 is 4.79 Å². The van der Waals surface area contributed by atoms with Gasteiger partial charge in [-0.25, -0.2) is 4.98 Å². The zero-order valence-corrected chi connectivity index (χ0v) is 8.47. The second-order valence-corrected chi connectivity index (χ2v) is 3.10. The average Bonchev–Trinajstić information content (AvgIpc) is 2.27. The Morgan fingerprint density at radius 3 is 2.86 bits per heavy atom. The van der Waals surface area contributed by atoms with E-state index in [1.54, 1.807) is 19.3 Å². The van der Waals surface area contributed by atoms with Crippen LogP contribution in [0.15, 0.2) is 24.4 Å². The van der Waals surface area contributed by atoms with Crippen molar-refractivity contribution in [3.63, 3.8) is 0 Å². The topological polar surface area (TPSA) is 59.2 Å². The third kappa shape index (κ3) is 2.29. The van der Waals surface area contributed by atoms with Crippen LogP contribution < -0.4 is 10.6 Å². The molecular weight excluding hydrogens is 178 g/mol. The van der Waals surface area contributed by atoms with Gasteiger partial charge in [0.2, 0.25) is 5.91 Å². The van der Waals surface area contributed by atoms with Gasteiger partial charge in [0, 0.05) is 13.2 Å². The molecule has 1 atom stereocenters. The maximum absolute atomic E-state index is 11.6. The molecule has 0 saturated carbocycles. The fourth-order valence-corrected chi connectivity index (χ4v) is 1.09. The summed E-state index contributed by atoms with van der Waals surface area (Å²) in [5, 5.41) is 0. The van der Waals surface area contributed by atoms with Gasteiger partial charge in [-0.2, -0.15) is 0 Å². The monoisotopic (exact) mass is 193 g/mol. The van der Waals surface area contributed by atoms with Crippen LogP contribution in [-0.2, 0) is 4.79 Å². The number of rotatable bonds is 3. The molecule has 2 N–H and O–H groups in total. The predicted octanol–water partition coefficient (Wildman–Crippen LogP) is 0.782. The van der Waals surface area contributed by atoms with E-state index in [0.717, 1.165) is 0 Å². The minimum atomic E-state index is -0.443. The molecule has 0 fully saturated rings. The summed E-state index contributed by atoms with van der Waals surface area (Å²) in [6, 6.07) is 4.98. The van der Waals surface area contributed by atoms with Crippen LogP contribution in [0, 0.1) is 0 Å². The molecule has 0 aromatic carbocycles. The highest BCUT2D eigenvalue weighted by molar-refractivity contribution is 5.95. The molecule has 0 aliphatic carbocycles. The van der Waals surface area contributed by atoms with Crippen LogP contribution in [0.25, 0.3) is 0 Å². The summed E-state index contributed by atoms with van der Waals surface area (Å²) in [6.07, 6.45) is 2.28. The SMILES string of the molecule is CC[C@H](N)C(=O)N(C)c1ccccn1. The number of nitrogens with zero attached hydrogens (tertiary/aromatic N) is 2. The van der Waals surface area contributed by atoms with Gasteiger partial charge in [0.05, 0.1) is 6.04 Å². The van der Waals surface area contributed by atoms with Crippen molar-refractivity contribution in [1.82, 2.24) is 4.98 Å². The first-order valence-corrected chi connectivity index (χ1v) is 4.61. The van der Waals surface area contributed by atoms with Gasteiger partial charge in [-0.1, -0.05) is 13.0 Å². The van der Waals surface area contributed by atoms with Crippen molar-refractivity contribution in [3.05, 3.63) is 24.4 Å². The molecule has 14 heavy (non-hydrogen) atoms. The Morgan fingerprint density at radius 1 is 1.64 bits per heavy atom. The Morgan fingerprint density at radius 2 is 2.36 bits per heavy atom. The molecule has 0 aliphatic heterocycles. The van der Waals surface area contributed by atoms with E-state index in [1.807, 2.05) is 19.1 Å². The number of hydrogen-bond donors (Lipinski definition) is 1. The van der Waals surface area contributed by atoms with E-state index in [4.69, 9.17) is 5.73 Å². The fraction of sp³-hybridized carbons (Fsp3) is 0.400. The third-order valence-electron chi connectivity index (χ3n) is 2.08. The van der Waals surface area contributed by atoms with E-state index in [1.165, 1.54) is 4.90 Å². The first-order chi connectivity index (χ1) is 6.66. The van der Waals surface area contributed by atoms with Crippen molar-refractivity contribution in [2.24, 2.45) is 5.73 Å². The van der Waals surface area contributed by atoms with E-state index in [2.05, 4.69) is 4.98 Å². The summed E-state index contributed by atoms with van der Waals surface area (Å²) in [5.41, 5.74) is 5.64. The molecule has 4 heteroatoms. The molecule has 4 nitrogen and oxygen atoms in total. The molecule has 76 valence electrons. The number of carbonyl (C=O) groups excluding carboxylic acids is 1. The van der Waals surface area contributed by atoms with Crippen molar-refractivity contribution in [1.29, 1.82) is 0 Å². The Balaban J connectivity index is 2.76. The zero-order valence-electron chi connectivity index (χ0n) is 8.47. The highest BCUT2D eigenvalue weighted by Crippen LogP contribution is 2.08. The van der Waals surface area contributed by atoms with E-state index in [0.29, 0.717) is 12.2 Å². The first kappa shape index (κ1) is 10.7. The normalized spacial score (nSPS) is 12.2. The fourth-order valence-electron chi connectivity index (χ4n) is 1.09. The molecule has 0 spiro atoms. The van der Waals surface area contributed by atoms with Gasteiger partial charge < -0.3 is 5.73 Å². The number of hydrogen-bond acceptors (Lipinski definition) is 3. The second-order valence-electron chi connectivity index (χ2n) is 3.10. The van der Waals surface area contributed by atoms with Gasteiger partial charge >= 0.3 is 0 Å². The van der Waals surface area contributed by atoms with Crippen LogP contribution in [0.5, 0.6) is 0 Å². The smallest absolute Gasteiger partial charge is 0.244 e. The minimum absolute atomic E-state index is 0.105. The average molecular weight is 193 g/mol. The molecule has 1 aromatic rings. The highest BCUT2D eigenvalue weighted by Gasteiger charge is 2.17. The van der Waals surface area contributed by atoms with Crippen LogP contribution in [-0.4, -0.2) is 24.0 Å². The molecule has 0 radical (unpaired) electrons. The van der Waals surface area contributed by atoms with Gasteiger partial charge in [0.15, 0.2) is 0 Å². The maximum Gasteiger partial charge on any atom is 0.244 e. The molecule has 0 bridgehead atoms. The second kappa shape index (κ2) is 4.72. The van der Waals surface area contributed by atoms with E-state index in [-0.39, 0.29) is 5.91 Å². The predicted molar refractivity (Wildman–Crippen MR) is 55.9 cm³/mol. The van der Waals surface area contributed by atoms with E-state index >= 15 is 0 Å². The van der Waals surface area contributed by atoms with Crippen molar-refractivity contribution in [3.8, 4) is 0 Å². The Hall–Kier alpha value is -1.42. The molecule has 1 rings (SSSR count). The van der Waals surface area contributed by atoms with Gasteiger partial charge in [-0.15, -0.1) is 0 Å². The van der Waals surface area contributed by atoms with Crippen molar-refractivity contribution in [2.45, 2.75) is 19.4 Å². The Kier molecular flexibility index (Phi) is 3.59. The molecular formula is C10H15N3O. The summed E-state index contributed by atoms with van der Waals surface area (Å²) in [6.45, 7) is 1.88. The standard InChI is InChI=1S/C10H15N3O/c1-3-8(11)10(14)13(2)9-6-4-5-7-12-9/h4-8H,3,11H2,1-2H3/t8-/m0/s1. The quantitative estimate of drug-likeness (QED) is 0.771. The van der Waals surface area contributed by atoms with Gasteiger partial charge in [-0.05, 0) is 18.6 Å². The van der Waals surface area contributed by atoms with Crippen molar-refractivity contribution in [2.75, 3.05) is 11.9 Å². The molecule has 1 heterocycles. The number of likely N-dealkylation sites (N-methyl/N-ethyl adjacent to an activating group) is 1. The lowest BCUT2D eigenvalue weighted by atomic mass is 10.2. The van der Waals surface area contributed by atoms with Crippen LogP contribution in [0.2, 0.25) is 0 Å². The Labute approximate surface area is 83.7 Å². The lowest BCUT2D eigenvalue weighted by molar-refractivity contribution is -0.119. The maximum atomic E-state index is 11.6. The molecule has 0 aliphatic rings. The highest BCUT2D eigenvalue weighted by atomic mass is 16.2. The summed E-state index contributed by atoms with van der Waals surface area (Å²) < 4.78 is 0. The van der Waals surface area contributed by atoms with E-state index in [9.17, 15) is 4.79 Å². The van der Waals surface area contributed by atoms with Crippen LogP contribution in [0.4, 0.5) is 5.82 Å². The molecule has 1 aromatic heterocycles. The van der Waals surface area contributed by atoms with Gasteiger partial charge in [0.1, 0.15) is 5.82 Å². The molecule has 1 amide bonds. The van der Waals surface area contributed by atoms with Crippen LogP contribution in [0.3, 0.4) is 0 Å². The number of nitrogens with two attached hydrogens (primary N) is 1. The number of amides is 1. The van der Waals surface area contributed by atoms with Crippen LogP contribution in [0.1, 0.15) is 13.3 Å². The molecule has 0 saturated heterocycles. The minimum Gasteiger partial charge on any atom is -0.320 e. The van der Waals surface area contributed by atoms with Crippen molar-refractivity contribution >= 4 is 11.7 Å². The van der Waals surface area contributed by atoms with Gasteiger partial charge in [-0.3, -0.25) is 9.69 Å². The lowest BCUT2D eigenvalue weighted by Gasteiger charge is -2.19. The Bertz CT molecular complexity index is 299. The van der Waals surface area contributed by atoms with Crippen LogP contribution >= 0.6 is 0 Å². The third-order valence-corrected chi connectivity index (χ3v) is 2.08. The van der Waals surface area contributed by atoms with E-state index < -0.39 is 6.04 Å². The summed E-state index contributed by atoms with van der Waals surface area (Å²) >= 11 is 0. The number of carbonyl (C=O) groups is 1. The summed E-state index contributed by atoms with van der Waals surface area (Å²) in [4.78, 5) is 17.2. The first-order valence-electron chi connectivity index (χ1n) is 4.61. The lowest BCUT2D eigenvalue weighted by Crippen LogP contribution is -2.41. The largest absolute Gasteiger partial charge is 0.320 e. The van der Waals surface area contributed by atoms with Gasteiger partial charge in [0.25, 0.3) is 0 Å². The zero-order chi connectivity index (χ0) is 10.6. The number of pyridine rings is 1. The summed E-state index contributed by atoms with van der Waals surface area (Å²) in [5.74, 6) is 0.521. The molecule has 0 unspecified atom stereocenters. The number of aromatic nitrogens is 1.